The minimum absolute atomic E-state index is 0.0468. The second-order valence-corrected chi connectivity index (χ2v) is 8.18. The summed E-state index contributed by atoms with van der Waals surface area (Å²) >= 11 is 6.22. The highest BCUT2D eigenvalue weighted by molar-refractivity contribution is 6.33. The number of aromatic nitrogens is 1. The Morgan fingerprint density at radius 3 is 2.74 bits per heavy atom. The molecule has 1 aliphatic heterocycles. The van der Waals surface area contributed by atoms with Crippen molar-refractivity contribution in [1.82, 2.24) is 9.88 Å². The van der Waals surface area contributed by atoms with Crippen LogP contribution in [-0.4, -0.2) is 60.8 Å². The summed E-state index contributed by atoms with van der Waals surface area (Å²) in [5, 5.41) is 1.11. The lowest BCUT2D eigenvalue weighted by molar-refractivity contribution is -0.163. The molecule has 34 heavy (non-hydrogen) atoms. The summed E-state index contributed by atoms with van der Waals surface area (Å²) in [6.07, 6.45) is 0.582. The molecule has 2 atom stereocenters. The second kappa shape index (κ2) is 9.82. The Balaban J connectivity index is 1.62. The molecule has 10 heteroatoms. The van der Waals surface area contributed by atoms with E-state index in [2.05, 4.69) is 4.98 Å². The van der Waals surface area contributed by atoms with E-state index in [1.807, 2.05) is 0 Å². The van der Waals surface area contributed by atoms with Gasteiger partial charge in [0, 0.05) is 23.9 Å². The lowest BCUT2D eigenvalue weighted by atomic mass is 10.0. The number of carbonyl (C=O) groups is 2. The molecule has 0 saturated carbocycles. The molecule has 2 heterocycles. The first-order valence-corrected chi connectivity index (χ1v) is 10.9. The fraction of sp³-hybridized carbons (Fsp3) is 0.292. The number of halogens is 2. The smallest absolute Gasteiger partial charge is 0.331 e. The molecule has 1 amide bonds. The first-order valence-electron chi connectivity index (χ1n) is 10.5. The number of pyridine rings is 1. The lowest BCUT2D eigenvalue weighted by Gasteiger charge is -2.35. The third-order valence-corrected chi connectivity index (χ3v) is 5.95. The van der Waals surface area contributed by atoms with Crippen molar-refractivity contribution < 1.29 is 28.2 Å². The molecule has 0 aliphatic carbocycles. The summed E-state index contributed by atoms with van der Waals surface area (Å²) in [4.78, 5) is 41.6. The van der Waals surface area contributed by atoms with Crippen LogP contribution in [0.15, 0.2) is 47.4 Å². The molecule has 3 aromatic rings. The van der Waals surface area contributed by atoms with Crippen molar-refractivity contribution in [3.63, 3.8) is 0 Å². The molecule has 0 unspecified atom stereocenters. The van der Waals surface area contributed by atoms with Crippen LogP contribution in [0.1, 0.15) is 6.92 Å². The Kier molecular flexibility index (Phi) is 6.85. The molecule has 1 fully saturated rings. The summed E-state index contributed by atoms with van der Waals surface area (Å²) in [7, 11) is 1.25. The molecule has 0 radical (unpaired) electrons. The van der Waals surface area contributed by atoms with E-state index in [-0.39, 0.29) is 23.7 Å². The monoisotopic (exact) mass is 488 g/mol. The van der Waals surface area contributed by atoms with Gasteiger partial charge in [-0.3, -0.25) is 9.59 Å². The third-order valence-electron chi connectivity index (χ3n) is 5.64. The van der Waals surface area contributed by atoms with E-state index in [1.54, 1.807) is 19.1 Å². The summed E-state index contributed by atoms with van der Waals surface area (Å²) in [6, 6.07) is 8.01. The molecule has 1 N–H and O–H groups in total. The number of methoxy groups -OCH3 is 1. The van der Waals surface area contributed by atoms with Crippen molar-refractivity contribution in [2.24, 2.45) is 0 Å². The first kappa shape index (κ1) is 23.7. The number of carbonyl (C=O) groups excluding carboxylic acids is 2. The summed E-state index contributed by atoms with van der Waals surface area (Å²) in [5.41, 5.74) is 0.813. The van der Waals surface area contributed by atoms with Gasteiger partial charge in [-0.15, -0.1) is 0 Å². The summed E-state index contributed by atoms with van der Waals surface area (Å²) in [5.74, 6) is -1.14. The van der Waals surface area contributed by atoms with Gasteiger partial charge < -0.3 is 24.1 Å². The fourth-order valence-corrected chi connectivity index (χ4v) is 4.20. The Hall–Kier alpha value is -3.43. The maximum Gasteiger partial charge on any atom is 0.331 e. The van der Waals surface area contributed by atoms with Gasteiger partial charge in [0.15, 0.2) is 12.1 Å². The standard InChI is InChI=1S/C24H22ClFN2O6/c1-13(23(30)28-7-8-33-12-21(28)24(31)32-2)34-15-4-6-16-18(10-15)22(29)27-11-19(16)17-5-3-14(26)9-20(17)25/h3-6,9-11,13,21H,7-8,12H2,1-2H3,(H,27,29)/t13-,21+/m1/s1. The number of fused-ring (bicyclic) bond motifs is 1. The van der Waals surface area contributed by atoms with E-state index in [1.165, 1.54) is 42.5 Å². The second-order valence-electron chi connectivity index (χ2n) is 7.77. The van der Waals surface area contributed by atoms with Crippen LogP contribution in [-0.2, 0) is 19.1 Å². The molecule has 0 bridgehead atoms. The van der Waals surface area contributed by atoms with Crippen molar-refractivity contribution in [1.29, 1.82) is 0 Å². The van der Waals surface area contributed by atoms with E-state index < -0.39 is 29.8 Å². The Bertz CT molecular complexity index is 1310. The van der Waals surface area contributed by atoms with Gasteiger partial charge in [0.25, 0.3) is 11.5 Å². The molecule has 178 valence electrons. The number of ether oxygens (including phenoxy) is 3. The molecular weight excluding hydrogens is 467 g/mol. The molecule has 1 aromatic heterocycles. The number of H-pyrrole nitrogens is 1. The minimum atomic E-state index is -0.934. The fourth-order valence-electron chi connectivity index (χ4n) is 3.93. The normalized spacial score (nSPS) is 16.8. The highest BCUT2D eigenvalue weighted by atomic mass is 35.5. The first-order chi connectivity index (χ1) is 16.3. The number of hydrogen-bond acceptors (Lipinski definition) is 6. The van der Waals surface area contributed by atoms with E-state index in [0.717, 1.165) is 0 Å². The van der Waals surface area contributed by atoms with Crippen molar-refractivity contribution in [3.8, 4) is 16.9 Å². The lowest BCUT2D eigenvalue weighted by Crippen LogP contribution is -2.56. The van der Waals surface area contributed by atoms with Gasteiger partial charge >= 0.3 is 5.97 Å². The maximum absolute atomic E-state index is 13.5. The molecular formula is C24H22ClFN2O6. The number of morpholine rings is 1. The maximum atomic E-state index is 13.5. The van der Waals surface area contributed by atoms with E-state index in [0.29, 0.717) is 34.3 Å². The van der Waals surface area contributed by atoms with Crippen LogP contribution in [0.2, 0.25) is 5.02 Å². The van der Waals surface area contributed by atoms with Gasteiger partial charge in [-0.2, -0.15) is 0 Å². The molecule has 1 saturated heterocycles. The van der Waals surface area contributed by atoms with E-state index in [4.69, 9.17) is 25.8 Å². The quantitative estimate of drug-likeness (QED) is 0.554. The van der Waals surface area contributed by atoms with Crippen molar-refractivity contribution >= 4 is 34.2 Å². The van der Waals surface area contributed by atoms with E-state index in [9.17, 15) is 18.8 Å². The molecule has 4 rings (SSSR count). The third kappa shape index (κ3) is 4.62. The topological polar surface area (TPSA) is 97.9 Å². The highest BCUT2D eigenvalue weighted by Gasteiger charge is 2.36. The highest BCUT2D eigenvalue weighted by Crippen LogP contribution is 2.33. The van der Waals surface area contributed by atoms with Gasteiger partial charge in [0.1, 0.15) is 11.6 Å². The van der Waals surface area contributed by atoms with Crippen LogP contribution in [0.3, 0.4) is 0 Å². The van der Waals surface area contributed by atoms with Gasteiger partial charge in [0.2, 0.25) is 0 Å². The average molecular weight is 489 g/mol. The Morgan fingerprint density at radius 2 is 2.00 bits per heavy atom. The molecule has 8 nitrogen and oxygen atoms in total. The number of hydrogen-bond donors (Lipinski definition) is 1. The number of rotatable bonds is 5. The molecule has 2 aromatic carbocycles. The zero-order chi connectivity index (χ0) is 24.4. The largest absolute Gasteiger partial charge is 0.481 e. The van der Waals surface area contributed by atoms with Gasteiger partial charge in [-0.25, -0.2) is 9.18 Å². The SMILES string of the molecule is COC(=O)[C@@H]1COCCN1C(=O)[C@@H](C)Oc1ccc2c(-c3ccc(F)cc3Cl)c[nH]c(=O)c2c1. The zero-order valence-electron chi connectivity index (χ0n) is 18.5. The summed E-state index contributed by atoms with van der Waals surface area (Å²) < 4.78 is 29.4. The van der Waals surface area contributed by atoms with Crippen molar-refractivity contribution in [2.75, 3.05) is 26.9 Å². The number of aromatic amines is 1. The molecule has 0 spiro atoms. The number of esters is 1. The van der Waals surface area contributed by atoms with Crippen LogP contribution >= 0.6 is 11.6 Å². The van der Waals surface area contributed by atoms with Crippen molar-refractivity contribution in [2.45, 2.75) is 19.1 Å². The zero-order valence-corrected chi connectivity index (χ0v) is 19.2. The summed E-state index contributed by atoms with van der Waals surface area (Å²) in [6.45, 7) is 2.14. The molecule has 1 aliphatic rings. The van der Waals surface area contributed by atoms with Gasteiger partial charge in [0.05, 0.1) is 30.7 Å². The van der Waals surface area contributed by atoms with Crippen LogP contribution in [0.25, 0.3) is 21.9 Å². The Labute approximate surface area is 199 Å². The van der Waals surface area contributed by atoms with Crippen molar-refractivity contribution in [3.05, 3.63) is 63.8 Å². The van der Waals surface area contributed by atoms with E-state index >= 15 is 0 Å². The average Bonchev–Trinajstić information content (AvgIpc) is 2.84. The number of nitrogens with zero attached hydrogens (tertiary/aromatic N) is 1. The van der Waals surface area contributed by atoms with Crippen LogP contribution in [0.5, 0.6) is 5.75 Å². The van der Waals surface area contributed by atoms with Crippen LogP contribution in [0, 0.1) is 5.82 Å². The van der Waals surface area contributed by atoms with Gasteiger partial charge in [-0.05, 0) is 48.7 Å². The number of benzene rings is 2. The number of amides is 1. The van der Waals surface area contributed by atoms with Crippen LogP contribution in [0.4, 0.5) is 4.39 Å². The van der Waals surface area contributed by atoms with Gasteiger partial charge in [-0.1, -0.05) is 11.6 Å². The number of nitrogens with one attached hydrogen (secondary N) is 1. The Morgan fingerprint density at radius 1 is 1.21 bits per heavy atom. The van der Waals surface area contributed by atoms with Crippen LogP contribution < -0.4 is 10.3 Å². The minimum Gasteiger partial charge on any atom is -0.481 e. The predicted molar refractivity (Wildman–Crippen MR) is 123 cm³/mol. The predicted octanol–water partition coefficient (Wildman–Crippen LogP) is 3.16.